The lowest BCUT2D eigenvalue weighted by Crippen LogP contribution is -2.08. The van der Waals surface area contributed by atoms with Crippen molar-refractivity contribution in [1.82, 2.24) is 15.0 Å². The van der Waals surface area contributed by atoms with Gasteiger partial charge < -0.3 is 4.74 Å². The number of nitriles is 1. The van der Waals surface area contributed by atoms with Gasteiger partial charge in [0.25, 0.3) is 0 Å². The molecule has 0 aliphatic carbocycles. The molecule has 0 bridgehead atoms. The number of hydrogen-bond donors (Lipinski definition) is 0. The van der Waals surface area contributed by atoms with Crippen molar-refractivity contribution in [1.29, 1.82) is 5.26 Å². The predicted octanol–water partition coefficient (Wildman–Crippen LogP) is 2.66. The van der Waals surface area contributed by atoms with Crippen LogP contribution < -0.4 is 0 Å². The number of unbranched alkanes of at least 4 members (excludes halogenated alkanes) is 1. The third-order valence-corrected chi connectivity index (χ3v) is 3.26. The molecule has 0 atom stereocenters. The monoisotopic (exact) mass is 298 g/mol. The molecule has 1 aromatic carbocycles. The van der Waals surface area contributed by atoms with E-state index in [-0.39, 0.29) is 5.97 Å². The van der Waals surface area contributed by atoms with Crippen LogP contribution in [0.1, 0.15) is 48.4 Å². The summed E-state index contributed by atoms with van der Waals surface area (Å²) < 4.78 is 6.79. The molecule has 1 heterocycles. The summed E-state index contributed by atoms with van der Waals surface area (Å²) in [7, 11) is 0. The number of nitrogens with zero attached hydrogens (tertiary/aromatic N) is 4. The highest BCUT2D eigenvalue weighted by Crippen LogP contribution is 2.15. The molecule has 6 nitrogen and oxygen atoms in total. The van der Waals surface area contributed by atoms with E-state index in [9.17, 15) is 4.79 Å². The number of esters is 1. The number of hydrogen-bond acceptors (Lipinski definition) is 5. The van der Waals surface area contributed by atoms with E-state index in [1.165, 1.54) is 0 Å². The Morgan fingerprint density at radius 2 is 2.23 bits per heavy atom. The van der Waals surface area contributed by atoms with E-state index >= 15 is 0 Å². The zero-order chi connectivity index (χ0) is 15.9. The molecular weight excluding hydrogens is 280 g/mol. The molecule has 0 aliphatic heterocycles. The largest absolute Gasteiger partial charge is 0.462 e. The lowest BCUT2D eigenvalue weighted by molar-refractivity contribution is 0.0499. The van der Waals surface area contributed by atoms with Crippen LogP contribution in [0.2, 0.25) is 0 Å². The van der Waals surface area contributed by atoms with Gasteiger partial charge in [-0.25, -0.2) is 9.48 Å². The van der Waals surface area contributed by atoms with Crippen LogP contribution >= 0.6 is 0 Å². The minimum absolute atomic E-state index is 0.304. The van der Waals surface area contributed by atoms with Crippen molar-refractivity contribution >= 4 is 5.97 Å². The first kappa shape index (κ1) is 15.7. The van der Waals surface area contributed by atoms with Gasteiger partial charge in [0.1, 0.15) is 6.07 Å². The molecule has 0 unspecified atom stereocenters. The molecular formula is C16H18N4O2. The Morgan fingerprint density at radius 1 is 1.41 bits per heavy atom. The molecule has 0 fully saturated rings. The maximum absolute atomic E-state index is 12.0. The molecule has 0 saturated carbocycles. The first-order chi connectivity index (χ1) is 10.7. The van der Waals surface area contributed by atoms with E-state index in [0.29, 0.717) is 30.0 Å². The van der Waals surface area contributed by atoms with Crippen LogP contribution in [0.5, 0.6) is 0 Å². The van der Waals surface area contributed by atoms with Crippen LogP contribution in [-0.4, -0.2) is 27.6 Å². The second kappa shape index (κ2) is 7.36. The summed E-state index contributed by atoms with van der Waals surface area (Å²) in [5.74, 6) is -0.353. The first-order valence-corrected chi connectivity index (χ1v) is 7.33. The minimum Gasteiger partial charge on any atom is -0.462 e. The van der Waals surface area contributed by atoms with E-state index in [4.69, 9.17) is 10.00 Å². The van der Waals surface area contributed by atoms with Gasteiger partial charge in [0.2, 0.25) is 0 Å². The van der Waals surface area contributed by atoms with Crippen molar-refractivity contribution in [2.24, 2.45) is 0 Å². The van der Waals surface area contributed by atoms with Gasteiger partial charge in [-0.3, -0.25) is 0 Å². The molecule has 0 aliphatic rings. The third kappa shape index (κ3) is 3.31. The fourth-order valence-corrected chi connectivity index (χ4v) is 2.07. The van der Waals surface area contributed by atoms with Crippen molar-refractivity contribution in [3.05, 3.63) is 41.2 Å². The van der Waals surface area contributed by atoms with Crippen molar-refractivity contribution in [2.45, 2.75) is 33.1 Å². The Kier molecular flexibility index (Phi) is 5.26. The highest BCUT2D eigenvalue weighted by molar-refractivity contribution is 5.90. The highest BCUT2D eigenvalue weighted by atomic mass is 16.5. The molecule has 0 amide bonds. The molecule has 0 N–H and O–H groups in total. The Labute approximate surface area is 129 Å². The van der Waals surface area contributed by atoms with Crippen LogP contribution in [0, 0.1) is 11.3 Å². The van der Waals surface area contributed by atoms with Gasteiger partial charge in [-0.1, -0.05) is 31.5 Å². The summed E-state index contributed by atoms with van der Waals surface area (Å²) in [4.78, 5) is 12.0. The number of aromatic nitrogens is 3. The minimum atomic E-state index is -0.353. The predicted molar refractivity (Wildman–Crippen MR) is 80.6 cm³/mol. The number of ether oxygens (including phenoxy) is 1. The summed E-state index contributed by atoms with van der Waals surface area (Å²) >= 11 is 0. The SMILES string of the molecule is CCCCOC(=O)c1cccc(-n2nnc(C#N)c2CC)c1. The Bertz CT molecular complexity index is 700. The quantitative estimate of drug-likeness (QED) is 0.605. The maximum atomic E-state index is 12.0. The lowest BCUT2D eigenvalue weighted by Gasteiger charge is -2.07. The summed E-state index contributed by atoms with van der Waals surface area (Å²) in [6.45, 7) is 4.39. The molecule has 1 aromatic heterocycles. The normalized spacial score (nSPS) is 10.2. The Morgan fingerprint density at radius 3 is 2.91 bits per heavy atom. The Hall–Kier alpha value is -2.68. The van der Waals surface area contributed by atoms with Crippen LogP contribution in [0.15, 0.2) is 24.3 Å². The molecule has 114 valence electrons. The van der Waals surface area contributed by atoms with Crippen LogP contribution in [0.4, 0.5) is 0 Å². The summed E-state index contributed by atoms with van der Waals surface area (Å²) in [6.07, 6.45) is 2.45. The smallest absolute Gasteiger partial charge is 0.338 e. The molecule has 6 heteroatoms. The van der Waals surface area contributed by atoms with E-state index in [0.717, 1.165) is 18.5 Å². The van der Waals surface area contributed by atoms with Crippen molar-refractivity contribution < 1.29 is 9.53 Å². The van der Waals surface area contributed by atoms with Gasteiger partial charge in [-0.15, -0.1) is 5.10 Å². The molecule has 0 saturated heterocycles. The summed E-state index contributed by atoms with van der Waals surface area (Å²) in [5, 5.41) is 16.9. The molecule has 2 rings (SSSR count). The van der Waals surface area contributed by atoms with E-state index in [1.54, 1.807) is 22.9 Å². The van der Waals surface area contributed by atoms with E-state index in [1.807, 2.05) is 26.0 Å². The average molecular weight is 298 g/mol. The third-order valence-electron chi connectivity index (χ3n) is 3.26. The highest BCUT2D eigenvalue weighted by Gasteiger charge is 2.14. The fourth-order valence-electron chi connectivity index (χ4n) is 2.07. The van der Waals surface area contributed by atoms with E-state index in [2.05, 4.69) is 10.3 Å². The second-order valence-electron chi connectivity index (χ2n) is 4.80. The first-order valence-electron chi connectivity index (χ1n) is 7.33. The van der Waals surface area contributed by atoms with Crippen LogP contribution in [0.25, 0.3) is 5.69 Å². The van der Waals surface area contributed by atoms with Gasteiger partial charge in [-0.05, 0) is 31.0 Å². The summed E-state index contributed by atoms with van der Waals surface area (Å²) in [6, 6.07) is 9.00. The van der Waals surface area contributed by atoms with Crippen molar-refractivity contribution in [2.75, 3.05) is 6.61 Å². The Balaban J connectivity index is 2.27. The van der Waals surface area contributed by atoms with Gasteiger partial charge in [-0.2, -0.15) is 5.26 Å². The zero-order valence-electron chi connectivity index (χ0n) is 12.7. The standard InChI is InChI=1S/C16H18N4O2/c1-3-5-9-22-16(21)12-7-6-8-13(10-12)20-15(4-2)14(11-17)18-19-20/h6-8,10H,3-5,9H2,1-2H3. The molecule has 22 heavy (non-hydrogen) atoms. The van der Waals surface area contributed by atoms with Gasteiger partial charge in [0.15, 0.2) is 5.69 Å². The van der Waals surface area contributed by atoms with Gasteiger partial charge >= 0.3 is 5.97 Å². The average Bonchev–Trinajstić information content (AvgIpc) is 2.98. The number of carbonyl (C=O) groups is 1. The number of benzene rings is 1. The van der Waals surface area contributed by atoms with Gasteiger partial charge in [0, 0.05) is 0 Å². The molecule has 0 radical (unpaired) electrons. The molecule has 0 spiro atoms. The van der Waals surface area contributed by atoms with Crippen molar-refractivity contribution in [3.63, 3.8) is 0 Å². The zero-order valence-corrected chi connectivity index (χ0v) is 12.7. The van der Waals surface area contributed by atoms with Crippen LogP contribution in [-0.2, 0) is 11.2 Å². The lowest BCUT2D eigenvalue weighted by atomic mass is 10.2. The second-order valence-corrected chi connectivity index (χ2v) is 4.80. The fraction of sp³-hybridized carbons (Fsp3) is 0.375. The molecule has 2 aromatic rings. The summed E-state index contributed by atoms with van der Waals surface area (Å²) in [5.41, 5.74) is 2.18. The van der Waals surface area contributed by atoms with E-state index < -0.39 is 0 Å². The maximum Gasteiger partial charge on any atom is 0.338 e. The van der Waals surface area contributed by atoms with Crippen molar-refractivity contribution in [3.8, 4) is 11.8 Å². The topological polar surface area (TPSA) is 80.8 Å². The number of carbonyl (C=O) groups excluding carboxylic acids is 1. The van der Waals surface area contributed by atoms with Gasteiger partial charge in [0.05, 0.1) is 23.6 Å². The number of rotatable bonds is 6. The van der Waals surface area contributed by atoms with Crippen LogP contribution in [0.3, 0.4) is 0 Å².